The Morgan fingerprint density at radius 1 is 0.542 bits per heavy atom. The van der Waals surface area contributed by atoms with E-state index in [0.29, 0.717) is 0 Å². The molecule has 0 saturated heterocycles. The Morgan fingerprint density at radius 2 is 0.833 bits per heavy atom. The van der Waals surface area contributed by atoms with Crippen LogP contribution in [0.4, 0.5) is 0 Å². The lowest BCUT2D eigenvalue weighted by atomic mass is 10.0. The Labute approximate surface area is 154 Å². The van der Waals surface area contributed by atoms with Gasteiger partial charge in [0, 0.05) is 13.3 Å². The lowest BCUT2D eigenvalue weighted by molar-refractivity contribution is 0.388. The van der Waals surface area contributed by atoms with Gasteiger partial charge in [0.25, 0.3) is 0 Å². The number of rotatable bonds is 20. The van der Waals surface area contributed by atoms with Gasteiger partial charge in [-0.3, -0.25) is 0 Å². The summed E-state index contributed by atoms with van der Waals surface area (Å²) in [6.45, 7) is 2.29. The highest BCUT2D eigenvalue weighted by atomic mass is 31.2. The molecule has 24 heavy (non-hydrogen) atoms. The molecule has 3 heteroatoms. The third kappa shape index (κ3) is 20.4. The smallest absolute Gasteiger partial charge is 0.167 e. The molecule has 2 nitrogen and oxygen atoms in total. The van der Waals surface area contributed by atoms with Crippen LogP contribution in [-0.2, 0) is 4.52 Å². The Bertz CT molecular complexity index is 224. The van der Waals surface area contributed by atoms with Gasteiger partial charge < -0.3 is 9.42 Å². The molecule has 146 valence electrons. The van der Waals surface area contributed by atoms with Gasteiger partial charge >= 0.3 is 0 Å². The molecule has 1 unspecified atom stereocenters. The maximum atomic E-state index is 9.34. The van der Waals surface area contributed by atoms with E-state index in [2.05, 4.69) is 6.92 Å². The zero-order valence-corrected chi connectivity index (χ0v) is 17.6. The van der Waals surface area contributed by atoms with Crippen LogP contribution in [0.1, 0.15) is 122 Å². The average Bonchev–Trinajstić information content (AvgIpc) is 2.60. The average molecular weight is 361 g/mol. The normalized spacial score (nSPS) is 12.6. The summed E-state index contributed by atoms with van der Waals surface area (Å²) in [6, 6.07) is 0. The molecule has 0 amide bonds. The molecule has 0 heterocycles. The van der Waals surface area contributed by atoms with Gasteiger partial charge in [-0.1, -0.05) is 116 Å². The van der Waals surface area contributed by atoms with Crippen LogP contribution in [0.15, 0.2) is 0 Å². The maximum Gasteiger partial charge on any atom is 0.167 e. The van der Waals surface area contributed by atoms with Crippen molar-refractivity contribution in [1.29, 1.82) is 0 Å². The minimum absolute atomic E-state index is 0.852. The second-order valence-electron chi connectivity index (χ2n) is 7.27. The quantitative estimate of drug-likeness (QED) is 0.176. The summed E-state index contributed by atoms with van der Waals surface area (Å²) < 4.78 is 4.90. The second-order valence-corrected chi connectivity index (χ2v) is 8.79. The SMILES string of the molecule is CCCCCCCCCCCCCCCCCCCCP(O)OC. The number of hydrogen-bond acceptors (Lipinski definition) is 2. The number of hydrogen-bond donors (Lipinski definition) is 1. The molecule has 1 N–H and O–H groups in total. The Balaban J connectivity index is 2.98. The first-order valence-electron chi connectivity index (χ1n) is 10.8. The van der Waals surface area contributed by atoms with E-state index in [9.17, 15) is 4.89 Å². The molecule has 0 aliphatic carbocycles. The molecular formula is C21H45O2P. The van der Waals surface area contributed by atoms with Crippen molar-refractivity contribution in [3.05, 3.63) is 0 Å². The van der Waals surface area contributed by atoms with Gasteiger partial charge in [-0.25, -0.2) is 0 Å². The lowest BCUT2D eigenvalue weighted by Crippen LogP contribution is -1.87. The van der Waals surface area contributed by atoms with E-state index in [1.54, 1.807) is 7.11 Å². The molecule has 0 aliphatic heterocycles. The molecule has 0 aromatic rings. The summed E-state index contributed by atoms with van der Waals surface area (Å²) in [5.74, 6) is 0. The first-order valence-corrected chi connectivity index (χ1v) is 12.2. The molecule has 0 aromatic heterocycles. The zero-order valence-electron chi connectivity index (χ0n) is 16.7. The summed E-state index contributed by atoms with van der Waals surface area (Å²) in [5.41, 5.74) is 0. The fourth-order valence-electron chi connectivity index (χ4n) is 3.24. The molecule has 0 spiro atoms. The van der Waals surface area contributed by atoms with E-state index in [4.69, 9.17) is 4.52 Å². The van der Waals surface area contributed by atoms with Crippen molar-refractivity contribution in [1.82, 2.24) is 0 Å². The molecular weight excluding hydrogens is 315 g/mol. The monoisotopic (exact) mass is 360 g/mol. The van der Waals surface area contributed by atoms with E-state index in [0.717, 1.165) is 12.6 Å². The van der Waals surface area contributed by atoms with Crippen LogP contribution < -0.4 is 0 Å². The Kier molecular flexibility index (Phi) is 21.7. The van der Waals surface area contributed by atoms with Gasteiger partial charge in [0.2, 0.25) is 0 Å². The molecule has 0 radical (unpaired) electrons. The van der Waals surface area contributed by atoms with E-state index in [1.807, 2.05) is 0 Å². The predicted molar refractivity (Wildman–Crippen MR) is 110 cm³/mol. The highest BCUT2D eigenvalue weighted by Crippen LogP contribution is 2.31. The predicted octanol–water partition coefficient (Wildman–Crippen LogP) is 7.98. The van der Waals surface area contributed by atoms with E-state index >= 15 is 0 Å². The summed E-state index contributed by atoms with van der Waals surface area (Å²) in [4.78, 5) is 9.34. The van der Waals surface area contributed by atoms with E-state index in [1.165, 1.54) is 109 Å². The second kappa shape index (κ2) is 21.4. The highest BCUT2D eigenvalue weighted by molar-refractivity contribution is 7.46. The topological polar surface area (TPSA) is 29.5 Å². The lowest BCUT2D eigenvalue weighted by Gasteiger charge is -2.06. The summed E-state index contributed by atoms with van der Waals surface area (Å²) in [7, 11) is 0.475. The zero-order chi connectivity index (χ0) is 17.7. The fourth-order valence-corrected chi connectivity index (χ4v) is 3.92. The fraction of sp³-hybridized carbons (Fsp3) is 1.00. The van der Waals surface area contributed by atoms with Gasteiger partial charge in [0.05, 0.1) is 0 Å². The van der Waals surface area contributed by atoms with Crippen LogP contribution in [0, 0.1) is 0 Å². The van der Waals surface area contributed by atoms with Crippen LogP contribution in [0.2, 0.25) is 0 Å². The maximum absolute atomic E-state index is 9.34. The Hall–Kier alpha value is 0.350. The van der Waals surface area contributed by atoms with Gasteiger partial charge in [0.1, 0.15) is 0 Å². The third-order valence-corrected chi connectivity index (χ3v) is 6.03. The van der Waals surface area contributed by atoms with Crippen molar-refractivity contribution >= 4 is 8.38 Å². The minimum Gasteiger partial charge on any atom is -0.350 e. The Morgan fingerprint density at radius 3 is 1.12 bits per heavy atom. The van der Waals surface area contributed by atoms with Gasteiger partial charge in [0.15, 0.2) is 8.38 Å². The minimum atomic E-state index is -1.12. The van der Waals surface area contributed by atoms with Crippen molar-refractivity contribution in [2.75, 3.05) is 13.3 Å². The van der Waals surface area contributed by atoms with Crippen molar-refractivity contribution in [3.63, 3.8) is 0 Å². The summed E-state index contributed by atoms with van der Waals surface area (Å²) in [5, 5.41) is 0. The highest BCUT2D eigenvalue weighted by Gasteiger charge is 2.01. The van der Waals surface area contributed by atoms with Gasteiger partial charge in [-0.2, -0.15) is 0 Å². The van der Waals surface area contributed by atoms with E-state index < -0.39 is 8.38 Å². The van der Waals surface area contributed by atoms with Gasteiger partial charge in [-0.05, 0) is 6.42 Å². The van der Waals surface area contributed by atoms with Crippen molar-refractivity contribution in [3.8, 4) is 0 Å². The molecule has 1 atom stereocenters. The van der Waals surface area contributed by atoms with E-state index in [-0.39, 0.29) is 0 Å². The first-order chi connectivity index (χ1) is 11.8. The van der Waals surface area contributed by atoms with Crippen molar-refractivity contribution in [2.45, 2.75) is 122 Å². The van der Waals surface area contributed by atoms with Crippen LogP contribution >= 0.6 is 8.38 Å². The van der Waals surface area contributed by atoms with Crippen LogP contribution in [0.3, 0.4) is 0 Å². The van der Waals surface area contributed by atoms with Crippen LogP contribution in [0.25, 0.3) is 0 Å². The van der Waals surface area contributed by atoms with Crippen molar-refractivity contribution < 1.29 is 9.42 Å². The van der Waals surface area contributed by atoms with Crippen LogP contribution in [0.5, 0.6) is 0 Å². The third-order valence-electron chi connectivity index (χ3n) is 4.91. The molecule has 0 rings (SSSR count). The number of unbranched alkanes of at least 4 members (excludes halogenated alkanes) is 17. The molecule has 0 bridgehead atoms. The molecule has 0 fully saturated rings. The molecule has 0 saturated carbocycles. The first kappa shape index (κ1) is 24.4. The standard InChI is InChI=1S/C21H45O2P/c1-3-4-5-6-7-8-9-10-11-12-13-14-15-16-17-18-19-20-21-24(22)23-2/h22H,3-21H2,1-2H3. The largest absolute Gasteiger partial charge is 0.350 e. The summed E-state index contributed by atoms with van der Waals surface area (Å²) in [6.07, 6.45) is 26.1. The molecule has 0 aromatic carbocycles. The van der Waals surface area contributed by atoms with Gasteiger partial charge in [-0.15, -0.1) is 0 Å². The summed E-state index contributed by atoms with van der Waals surface area (Å²) >= 11 is 0. The molecule has 0 aliphatic rings. The van der Waals surface area contributed by atoms with Crippen LogP contribution in [-0.4, -0.2) is 18.2 Å². The van der Waals surface area contributed by atoms with Crippen molar-refractivity contribution in [2.24, 2.45) is 0 Å².